The summed E-state index contributed by atoms with van der Waals surface area (Å²) >= 11 is 0. The summed E-state index contributed by atoms with van der Waals surface area (Å²) in [4.78, 5) is 14.7. The van der Waals surface area contributed by atoms with Crippen LogP contribution in [-0.4, -0.2) is 42.4 Å². The SMILES string of the molecule is CCN1COCN(CC)C1=O. The number of carbonyl (C=O) groups is 1. The van der Waals surface area contributed by atoms with E-state index in [4.69, 9.17) is 4.74 Å². The van der Waals surface area contributed by atoms with Crippen molar-refractivity contribution in [1.82, 2.24) is 9.80 Å². The molecule has 64 valence electrons. The van der Waals surface area contributed by atoms with Crippen LogP contribution in [0.5, 0.6) is 0 Å². The van der Waals surface area contributed by atoms with Crippen molar-refractivity contribution < 1.29 is 9.53 Å². The molecule has 1 fully saturated rings. The Hall–Kier alpha value is -0.770. The Morgan fingerprint density at radius 1 is 1.27 bits per heavy atom. The number of ether oxygens (including phenoxy) is 1. The van der Waals surface area contributed by atoms with Crippen LogP contribution in [0.15, 0.2) is 0 Å². The third kappa shape index (κ3) is 1.63. The highest BCUT2D eigenvalue weighted by atomic mass is 16.5. The van der Waals surface area contributed by atoms with Crippen LogP contribution in [0.4, 0.5) is 4.79 Å². The van der Waals surface area contributed by atoms with Crippen molar-refractivity contribution in [2.24, 2.45) is 0 Å². The molecule has 4 heteroatoms. The lowest BCUT2D eigenvalue weighted by molar-refractivity contribution is -0.0480. The molecule has 1 rings (SSSR count). The van der Waals surface area contributed by atoms with Crippen LogP contribution >= 0.6 is 0 Å². The molecule has 0 aromatic rings. The van der Waals surface area contributed by atoms with Gasteiger partial charge in [0.15, 0.2) is 0 Å². The van der Waals surface area contributed by atoms with Gasteiger partial charge in [-0.1, -0.05) is 0 Å². The Kier molecular flexibility index (Phi) is 2.70. The Balaban J connectivity index is 2.52. The Bertz CT molecular complexity index is 135. The third-order valence-electron chi connectivity index (χ3n) is 1.80. The zero-order valence-corrected chi connectivity index (χ0v) is 7.04. The number of hydrogen-bond acceptors (Lipinski definition) is 2. The summed E-state index contributed by atoms with van der Waals surface area (Å²) in [6.45, 7) is 6.20. The first-order chi connectivity index (χ1) is 5.29. The van der Waals surface area contributed by atoms with Crippen molar-refractivity contribution in [1.29, 1.82) is 0 Å². The van der Waals surface area contributed by atoms with Gasteiger partial charge in [0.1, 0.15) is 13.5 Å². The maximum Gasteiger partial charge on any atom is 0.323 e. The molecule has 0 spiro atoms. The predicted octanol–water partition coefficient (Wildman–Crippen LogP) is 0.695. The van der Waals surface area contributed by atoms with E-state index < -0.39 is 0 Å². The summed E-state index contributed by atoms with van der Waals surface area (Å²) in [5.74, 6) is 0. The summed E-state index contributed by atoms with van der Waals surface area (Å²) in [6.07, 6.45) is 0. The van der Waals surface area contributed by atoms with Gasteiger partial charge in [-0.15, -0.1) is 0 Å². The number of hydrogen-bond donors (Lipinski definition) is 0. The molecule has 2 amide bonds. The number of carbonyl (C=O) groups excluding carboxylic acids is 1. The van der Waals surface area contributed by atoms with Gasteiger partial charge < -0.3 is 14.5 Å². The van der Waals surface area contributed by atoms with E-state index in [1.165, 1.54) is 0 Å². The Morgan fingerprint density at radius 3 is 2.09 bits per heavy atom. The van der Waals surface area contributed by atoms with Crippen LogP contribution < -0.4 is 0 Å². The molecule has 0 aromatic heterocycles. The van der Waals surface area contributed by atoms with Crippen LogP contribution in [0.25, 0.3) is 0 Å². The van der Waals surface area contributed by atoms with Crippen LogP contribution in [0.3, 0.4) is 0 Å². The molecular weight excluding hydrogens is 144 g/mol. The van der Waals surface area contributed by atoms with Gasteiger partial charge in [-0.3, -0.25) is 0 Å². The second-order valence-electron chi connectivity index (χ2n) is 2.46. The van der Waals surface area contributed by atoms with Gasteiger partial charge >= 0.3 is 6.03 Å². The van der Waals surface area contributed by atoms with E-state index in [1.54, 1.807) is 9.80 Å². The molecule has 0 aliphatic carbocycles. The summed E-state index contributed by atoms with van der Waals surface area (Å²) in [5.41, 5.74) is 0. The van der Waals surface area contributed by atoms with Crippen LogP contribution in [0.2, 0.25) is 0 Å². The zero-order chi connectivity index (χ0) is 8.27. The molecule has 1 aliphatic rings. The number of nitrogens with zero attached hydrogens (tertiary/aromatic N) is 2. The number of rotatable bonds is 2. The van der Waals surface area contributed by atoms with Gasteiger partial charge in [0.25, 0.3) is 0 Å². The summed E-state index contributed by atoms with van der Waals surface area (Å²) < 4.78 is 5.18. The average molecular weight is 158 g/mol. The van der Waals surface area contributed by atoms with E-state index in [1.807, 2.05) is 13.8 Å². The van der Waals surface area contributed by atoms with E-state index in [9.17, 15) is 4.79 Å². The molecule has 1 saturated heterocycles. The molecule has 0 aromatic carbocycles. The smallest absolute Gasteiger partial charge is 0.323 e. The van der Waals surface area contributed by atoms with Crippen LogP contribution in [0.1, 0.15) is 13.8 Å². The standard InChI is InChI=1S/C7H14N2O2/c1-3-8-5-11-6-9(4-2)7(8)10/h3-6H2,1-2H3. The second-order valence-corrected chi connectivity index (χ2v) is 2.46. The fourth-order valence-electron chi connectivity index (χ4n) is 1.02. The highest BCUT2D eigenvalue weighted by Gasteiger charge is 2.22. The average Bonchev–Trinajstić information content (AvgIpc) is 2.05. The van der Waals surface area contributed by atoms with E-state index in [0.29, 0.717) is 13.5 Å². The van der Waals surface area contributed by atoms with Crippen molar-refractivity contribution in [3.63, 3.8) is 0 Å². The summed E-state index contributed by atoms with van der Waals surface area (Å²) in [5, 5.41) is 0. The minimum atomic E-state index is 0.0845. The molecule has 11 heavy (non-hydrogen) atoms. The van der Waals surface area contributed by atoms with Gasteiger partial charge in [-0.25, -0.2) is 4.79 Å². The third-order valence-corrected chi connectivity index (χ3v) is 1.80. The lowest BCUT2D eigenvalue weighted by atomic mass is 10.5. The lowest BCUT2D eigenvalue weighted by Crippen LogP contribution is -2.50. The molecule has 0 bridgehead atoms. The van der Waals surface area contributed by atoms with E-state index >= 15 is 0 Å². The van der Waals surface area contributed by atoms with Gasteiger partial charge in [0.2, 0.25) is 0 Å². The largest absolute Gasteiger partial charge is 0.341 e. The van der Waals surface area contributed by atoms with Gasteiger partial charge in [0.05, 0.1) is 0 Å². The highest BCUT2D eigenvalue weighted by Crippen LogP contribution is 2.05. The minimum Gasteiger partial charge on any atom is -0.341 e. The van der Waals surface area contributed by atoms with E-state index in [2.05, 4.69) is 0 Å². The number of amides is 2. The van der Waals surface area contributed by atoms with Gasteiger partial charge in [-0.2, -0.15) is 0 Å². The summed E-state index contributed by atoms with van der Waals surface area (Å²) in [6, 6.07) is 0.0845. The molecule has 0 unspecified atom stereocenters. The van der Waals surface area contributed by atoms with Crippen molar-refractivity contribution in [3.05, 3.63) is 0 Å². The first kappa shape index (κ1) is 8.33. The normalized spacial score (nSPS) is 19.3. The quantitative estimate of drug-likeness (QED) is 0.592. The Morgan fingerprint density at radius 2 is 1.73 bits per heavy atom. The Labute approximate surface area is 66.7 Å². The molecule has 4 nitrogen and oxygen atoms in total. The first-order valence-electron chi connectivity index (χ1n) is 3.91. The van der Waals surface area contributed by atoms with Crippen molar-refractivity contribution in [3.8, 4) is 0 Å². The lowest BCUT2D eigenvalue weighted by Gasteiger charge is -2.33. The molecule has 1 heterocycles. The highest BCUT2D eigenvalue weighted by molar-refractivity contribution is 5.74. The monoisotopic (exact) mass is 158 g/mol. The van der Waals surface area contributed by atoms with E-state index in [0.717, 1.165) is 13.1 Å². The van der Waals surface area contributed by atoms with Crippen LogP contribution in [0, 0.1) is 0 Å². The topological polar surface area (TPSA) is 32.8 Å². The molecule has 0 saturated carbocycles. The fraction of sp³-hybridized carbons (Fsp3) is 0.857. The van der Waals surface area contributed by atoms with Gasteiger partial charge in [0, 0.05) is 13.1 Å². The molecular formula is C7H14N2O2. The molecule has 0 radical (unpaired) electrons. The molecule has 0 atom stereocenters. The summed E-state index contributed by atoms with van der Waals surface area (Å²) in [7, 11) is 0. The maximum absolute atomic E-state index is 11.4. The first-order valence-corrected chi connectivity index (χ1v) is 3.91. The zero-order valence-electron chi connectivity index (χ0n) is 7.04. The van der Waals surface area contributed by atoms with Crippen molar-refractivity contribution in [2.45, 2.75) is 13.8 Å². The van der Waals surface area contributed by atoms with Crippen LogP contribution in [-0.2, 0) is 4.74 Å². The second kappa shape index (κ2) is 3.57. The maximum atomic E-state index is 11.4. The van der Waals surface area contributed by atoms with Crippen molar-refractivity contribution in [2.75, 3.05) is 26.6 Å². The minimum absolute atomic E-state index is 0.0845. The predicted molar refractivity (Wildman–Crippen MR) is 41.0 cm³/mol. The van der Waals surface area contributed by atoms with E-state index in [-0.39, 0.29) is 6.03 Å². The molecule has 1 aliphatic heterocycles. The molecule has 0 N–H and O–H groups in total. The fourth-order valence-corrected chi connectivity index (χ4v) is 1.02. The van der Waals surface area contributed by atoms with Crippen molar-refractivity contribution >= 4 is 6.03 Å². The van der Waals surface area contributed by atoms with Gasteiger partial charge in [-0.05, 0) is 13.8 Å². The number of urea groups is 1.